The molecule has 0 saturated heterocycles. The molecule has 1 aromatic carbocycles. The lowest BCUT2D eigenvalue weighted by Gasteiger charge is -2.13. The zero-order valence-corrected chi connectivity index (χ0v) is 12.1. The van der Waals surface area contributed by atoms with Gasteiger partial charge in [0, 0.05) is 37.0 Å². The van der Waals surface area contributed by atoms with E-state index in [0.29, 0.717) is 41.4 Å². The Hall–Kier alpha value is -2.01. The Bertz CT molecular complexity index is 610. The van der Waals surface area contributed by atoms with Crippen LogP contribution in [0.15, 0.2) is 24.5 Å². The molecule has 2 aromatic rings. The fourth-order valence-corrected chi connectivity index (χ4v) is 2.08. The number of methoxy groups -OCH3 is 1. The molecule has 0 fully saturated rings. The molecule has 0 radical (unpaired) electrons. The number of ether oxygens (including phenoxy) is 2. The SMILES string of the molecule is COc1cc(Cl)cc(C=O)c1OCCc1nccn1C. The summed E-state index contributed by atoms with van der Waals surface area (Å²) in [6, 6.07) is 3.16. The van der Waals surface area contributed by atoms with Crippen molar-refractivity contribution < 1.29 is 14.3 Å². The third-order valence-corrected chi connectivity index (χ3v) is 3.11. The number of carbonyl (C=O) groups is 1. The summed E-state index contributed by atoms with van der Waals surface area (Å²) < 4.78 is 12.8. The van der Waals surface area contributed by atoms with Gasteiger partial charge in [0.05, 0.1) is 19.3 Å². The first-order chi connectivity index (χ1) is 9.65. The van der Waals surface area contributed by atoms with Crippen LogP contribution < -0.4 is 9.47 Å². The first-order valence-electron chi connectivity index (χ1n) is 6.07. The van der Waals surface area contributed by atoms with Gasteiger partial charge in [0.25, 0.3) is 0 Å². The molecule has 6 heteroatoms. The van der Waals surface area contributed by atoms with E-state index >= 15 is 0 Å². The minimum absolute atomic E-state index is 0.370. The van der Waals surface area contributed by atoms with Crippen molar-refractivity contribution in [1.29, 1.82) is 0 Å². The number of imidazole rings is 1. The molecule has 0 atom stereocenters. The Kier molecular flexibility index (Phi) is 4.63. The van der Waals surface area contributed by atoms with E-state index < -0.39 is 0 Å². The molecule has 0 aliphatic carbocycles. The molecule has 106 valence electrons. The van der Waals surface area contributed by atoms with Crippen LogP contribution in [0.25, 0.3) is 0 Å². The predicted octanol–water partition coefficient (Wildman–Crippen LogP) is 2.52. The van der Waals surface area contributed by atoms with Gasteiger partial charge in [-0.25, -0.2) is 4.98 Å². The Morgan fingerprint density at radius 3 is 2.85 bits per heavy atom. The lowest BCUT2D eigenvalue weighted by molar-refractivity contribution is 0.111. The minimum Gasteiger partial charge on any atom is -0.493 e. The number of hydrogen-bond donors (Lipinski definition) is 0. The van der Waals surface area contributed by atoms with Gasteiger partial charge in [-0.15, -0.1) is 0 Å². The first kappa shape index (κ1) is 14.4. The van der Waals surface area contributed by atoms with Gasteiger partial charge in [0.2, 0.25) is 0 Å². The van der Waals surface area contributed by atoms with E-state index in [1.54, 1.807) is 18.3 Å². The third-order valence-electron chi connectivity index (χ3n) is 2.89. The fourth-order valence-electron chi connectivity index (χ4n) is 1.86. The van der Waals surface area contributed by atoms with Gasteiger partial charge in [0.1, 0.15) is 5.82 Å². The van der Waals surface area contributed by atoms with Gasteiger partial charge in [-0.3, -0.25) is 4.79 Å². The number of hydrogen-bond acceptors (Lipinski definition) is 4. The average molecular weight is 295 g/mol. The first-order valence-corrected chi connectivity index (χ1v) is 6.45. The van der Waals surface area contributed by atoms with Crippen LogP contribution in [0, 0.1) is 0 Å². The van der Waals surface area contributed by atoms with Gasteiger partial charge in [-0.2, -0.15) is 0 Å². The normalized spacial score (nSPS) is 10.3. The standard InChI is InChI=1S/C14H15ClN2O3/c1-17-5-4-16-13(17)3-6-20-14-10(9-18)7-11(15)8-12(14)19-2/h4-5,7-9H,3,6H2,1-2H3. The number of rotatable bonds is 6. The molecule has 0 spiro atoms. The number of halogens is 1. The van der Waals surface area contributed by atoms with Crippen LogP contribution >= 0.6 is 11.6 Å². The van der Waals surface area contributed by atoms with E-state index in [4.69, 9.17) is 21.1 Å². The van der Waals surface area contributed by atoms with Crippen molar-refractivity contribution in [3.05, 3.63) is 40.9 Å². The molecular weight excluding hydrogens is 280 g/mol. The fraction of sp³-hybridized carbons (Fsp3) is 0.286. The highest BCUT2D eigenvalue weighted by Gasteiger charge is 2.12. The van der Waals surface area contributed by atoms with Crippen LogP contribution in [0.2, 0.25) is 5.02 Å². The van der Waals surface area contributed by atoms with E-state index in [-0.39, 0.29) is 0 Å². The highest BCUT2D eigenvalue weighted by Crippen LogP contribution is 2.33. The van der Waals surface area contributed by atoms with Gasteiger partial charge < -0.3 is 14.0 Å². The number of benzene rings is 1. The molecule has 1 aromatic heterocycles. The maximum absolute atomic E-state index is 11.1. The topological polar surface area (TPSA) is 53.4 Å². The van der Waals surface area contributed by atoms with Crippen molar-refractivity contribution in [3.63, 3.8) is 0 Å². The molecule has 5 nitrogen and oxygen atoms in total. The summed E-state index contributed by atoms with van der Waals surface area (Å²) in [7, 11) is 3.42. The van der Waals surface area contributed by atoms with Crippen molar-refractivity contribution in [2.24, 2.45) is 7.05 Å². The monoisotopic (exact) mass is 294 g/mol. The second-order valence-corrected chi connectivity index (χ2v) is 4.63. The number of nitrogens with zero attached hydrogens (tertiary/aromatic N) is 2. The Labute approximate surface area is 122 Å². The summed E-state index contributed by atoms with van der Waals surface area (Å²) in [6.45, 7) is 0.393. The molecule has 2 rings (SSSR count). The molecule has 0 aliphatic rings. The van der Waals surface area contributed by atoms with Crippen molar-refractivity contribution >= 4 is 17.9 Å². The van der Waals surface area contributed by atoms with Crippen LogP contribution in [0.1, 0.15) is 16.2 Å². The second kappa shape index (κ2) is 6.43. The molecule has 0 N–H and O–H groups in total. The van der Waals surface area contributed by atoms with Gasteiger partial charge >= 0.3 is 0 Å². The van der Waals surface area contributed by atoms with Crippen molar-refractivity contribution in [1.82, 2.24) is 9.55 Å². The third kappa shape index (κ3) is 3.11. The highest BCUT2D eigenvalue weighted by atomic mass is 35.5. The average Bonchev–Trinajstić information content (AvgIpc) is 2.85. The van der Waals surface area contributed by atoms with E-state index in [1.807, 2.05) is 17.8 Å². The number of aldehydes is 1. The summed E-state index contributed by atoms with van der Waals surface area (Å²) in [5.41, 5.74) is 0.370. The van der Waals surface area contributed by atoms with Gasteiger partial charge in [0.15, 0.2) is 17.8 Å². The Morgan fingerprint density at radius 2 is 2.25 bits per heavy atom. The summed E-state index contributed by atoms with van der Waals surface area (Å²) in [5, 5.41) is 0.431. The van der Waals surface area contributed by atoms with E-state index in [0.717, 1.165) is 5.82 Å². The zero-order valence-electron chi connectivity index (χ0n) is 11.3. The molecular formula is C14H15ClN2O3. The quantitative estimate of drug-likeness (QED) is 0.768. The van der Waals surface area contributed by atoms with Crippen LogP contribution in [0.4, 0.5) is 0 Å². The molecule has 0 unspecified atom stereocenters. The lowest BCUT2D eigenvalue weighted by atomic mass is 10.2. The maximum Gasteiger partial charge on any atom is 0.171 e. The smallest absolute Gasteiger partial charge is 0.171 e. The van der Waals surface area contributed by atoms with Crippen LogP contribution in [-0.4, -0.2) is 29.6 Å². The molecule has 0 bridgehead atoms. The second-order valence-electron chi connectivity index (χ2n) is 4.20. The summed E-state index contributed by atoms with van der Waals surface area (Å²) in [6.07, 6.45) is 4.93. The lowest BCUT2D eigenvalue weighted by Crippen LogP contribution is -2.08. The largest absolute Gasteiger partial charge is 0.493 e. The van der Waals surface area contributed by atoms with Gasteiger partial charge in [-0.05, 0) is 6.07 Å². The summed E-state index contributed by atoms with van der Waals surface area (Å²) >= 11 is 5.91. The highest BCUT2D eigenvalue weighted by molar-refractivity contribution is 6.31. The van der Waals surface area contributed by atoms with E-state index in [9.17, 15) is 4.79 Å². The zero-order chi connectivity index (χ0) is 14.5. The predicted molar refractivity (Wildman–Crippen MR) is 75.8 cm³/mol. The van der Waals surface area contributed by atoms with E-state index in [2.05, 4.69) is 4.98 Å². The van der Waals surface area contributed by atoms with Crippen molar-refractivity contribution in [2.45, 2.75) is 6.42 Å². The summed E-state index contributed by atoms with van der Waals surface area (Å²) in [4.78, 5) is 15.3. The Morgan fingerprint density at radius 1 is 1.45 bits per heavy atom. The van der Waals surface area contributed by atoms with Crippen LogP contribution in [0.3, 0.4) is 0 Å². The molecule has 20 heavy (non-hydrogen) atoms. The van der Waals surface area contributed by atoms with Crippen LogP contribution in [-0.2, 0) is 13.5 Å². The van der Waals surface area contributed by atoms with Crippen LogP contribution in [0.5, 0.6) is 11.5 Å². The number of aromatic nitrogens is 2. The van der Waals surface area contributed by atoms with Crippen molar-refractivity contribution in [2.75, 3.05) is 13.7 Å². The molecule has 1 heterocycles. The number of aryl methyl sites for hydroxylation is 1. The number of carbonyl (C=O) groups excluding carboxylic acids is 1. The molecule has 0 aliphatic heterocycles. The molecule has 0 amide bonds. The molecule has 0 saturated carbocycles. The maximum atomic E-state index is 11.1. The van der Waals surface area contributed by atoms with Crippen molar-refractivity contribution in [3.8, 4) is 11.5 Å². The van der Waals surface area contributed by atoms with E-state index in [1.165, 1.54) is 7.11 Å². The Balaban J connectivity index is 2.12. The summed E-state index contributed by atoms with van der Waals surface area (Å²) in [5.74, 6) is 1.76. The minimum atomic E-state index is 0.370. The van der Waals surface area contributed by atoms with Gasteiger partial charge in [-0.1, -0.05) is 11.6 Å².